The van der Waals surface area contributed by atoms with Gasteiger partial charge in [-0.15, -0.1) is 0 Å². The zero-order valence-electron chi connectivity index (χ0n) is 15.9. The molecular formula is C18H24ClN5O3S. The number of hydrogen-bond acceptors (Lipinski definition) is 7. The van der Waals surface area contributed by atoms with Crippen LogP contribution in [0.15, 0.2) is 29.2 Å². The van der Waals surface area contributed by atoms with Crippen LogP contribution in [0.2, 0.25) is 5.02 Å². The normalized spacial score (nSPS) is 14.3. The first kappa shape index (κ1) is 20.6. The molecule has 152 valence electrons. The smallest absolute Gasteiger partial charge is 0.240 e. The Morgan fingerprint density at radius 1 is 1.18 bits per heavy atom. The van der Waals surface area contributed by atoms with Crippen LogP contribution in [-0.2, 0) is 10.0 Å². The molecule has 1 aromatic heterocycles. The van der Waals surface area contributed by atoms with E-state index in [0.717, 1.165) is 24.6 Å². The summed E-state index contributed by atoms with van der Waals surface area (Å²) in [6.07, 6.45) is 2.34. The Kier molecular flexibility index (Phi) is 6.58. The average molecular weight is 426 g/mol. The van der Waals surface area contributed by atoms with E-state index >= 15 is 0 Å². The minimum absolute atomic E-state index is 0.0847. The molecule has 28 heavy (non-hydrogen) atoms. The minimum atomic E-state index is -3.67. The summed E-state index contributed by atoms with van der Waals surface area (Å²) in [5.74, 6) is 1.82. The maximum atomic E-state index is 12.4. The molecule has 0 amide bonds. The highest BCUT2D eigenvalue weighted by molar-refractivity contribution is 7.89. The zero-order valence-corrected chi connectivity index (χ0v) is 17.5. The maximum Gasteiger partial charge on any atom is 0.240 e. The first-order chi connectivity index (χ1) is 13.4. The summed E-state index contributed by atoms with van der Waals surface area (Å²) >= 11 is 6.01. The largest absolute Gasteiger partial charge is 0.495 e. The van der Waals surface area contributed by atoms with Crippen molar-refractivity contribution in [2.24, 2.45) is 0 Å². The molecule has 2 N–H and O–H groups in total. The standard InChI is InChI=1S/C18H24ClN5O3S/c1-13-11-17(24-9-3-4-10-24)23-18(22-13)20-7-8-21-28(25,26)14-5-6-16(27-2)15(19)12-14/h5-6,11-12,21H,3-4,7-10H2,1-2H3,(H,20,22,23). The SMILES string of the molecule is COc1ccc(S(=O)(=O)NCCNc2nc(C)cc(N3CCCC3)n2)cc1Cl. The lowest BCUT2D eigenvalue weighted by Gasteiger charge is -2.17. The highest BCUT2D eigenvalue weighted by Crippen LogP contribution is 2.26. The molecule has 10 heteroatoms. The highest BCUT2D eigenvalue weighted by Gasteiger charge is 2.17. The van der Waals surface area contributed by atoms with E-state index < -0.39 is 10.0 Å². The number of anilines is 2. The molecule has 2 aromatic rings. The average Bonchev–Trinajstić information content (AvgIpc) is 3.19. The summed E-state index contributed by atoms with van der Waals surface area (Å²) < 4.78 is 32.4. The van der Waals surface area contributed by atoms with Gasteiger partial charge in [0.25, 0.3) is 0 Å². The molecule has 1 aliphatic rings. The van der Waals surface area contributed by atoms with E-state index in [1.165, 1.54) is 38.2 Å². The summed E-state index contributed by atoms with van der Waals surface area (Å²) in [5.41, 5.74) is 0.868. The van der Waals surface area contributed by atoms with Gasteiger partial charge in [0.1, 0.15) is 11.6 Å². The number of rotatable bonds is 8. The molecule has 8 nitrogen and oxygen atoms in total. The van der Waals surface area contributed by atoms with Crippen molar-refractivity contribution in [2.45, 2.75) is 24.7 Å². The molecular weight excluding hydrogens is 402 g/mol. The van der Waals surface area contributed by atoms with Crippen molar-refractivity contribution in [3.8, 4) is 5.75 Å². The summed E-state index contributed by atoms with van der Waals surface area (Å²) in [6, 6.07) is 6.30. The van der Waals surface area contributed by atoms with Crippen LogP contribution in [0, 0.1) is 6.92 Å². The highest BCUT2D eigenvalue weighted by atomic mass is 35.5. The third-order valence-electron chi connectivity index (χ3n) is 4.40. The van der Waals surface area contributed by atoms with Gasteiger partial charge in [-0.3, -0.25) is 0 Å². The first-order valence-electron chi connectivity index (χ1n) is 9.07. The Hall–Kier alpha value is -2.10. The maximum absolute atomic E-state index is 12.4. The van der Waals surface area contributed by atoms with Crippen molar-refractivity contribution in [3.63, 3.8) is 0 Å². The Balaban J connectivity index is 1.57. The van der Waals surface area contributed by atoms with Crippen molar-refractivity contribution in [1.29, 1.82) is 0 Å². The molecule has 0 unspecified atom stereocenters. The number of halogens is 1. The fourth-order valence-electron chi connectivity index (χ4n) is 3.00. The number of methoxy groups -OCH3 is 1. The van der Waals surface area contributed by atoms with Crippen LogP contribution in [0.4, 0.5) is 11.8 Å². The molecule has 1 fully saturated rings. The number of sulfonamides is 1. The van der Waals surface area contributed by atoms with E-state index in [1.54, 1.807) is 0 Å². The number of ether oxygens (including phenoxy) is 1. The van der Waals surface area contributed by atoms with Gasteiger partial charge in [-0.05, 0) is 38.0 Å². The molecule has 2 heterocycles. The van der Waals surface area contributed by atoms with Gasteiger partial charge in [0.05, 0.1) is 17.0 Å². The van der Waals surface area contributed by atoms with Gasteiger partial charge in [-0.2, -0.15) is 4.98 Å². The lowest BCUT2D eigenvalue weighted by atomic mass is 10.3. The second kappa shape index (κ2) is 8.93. The molecule has 1 aliphatic heterocycles. The van der Waals surface area contributed by atoms with E-state index in [-0.39, 0.29) is 16.5 Å². The zero-order chi connectivity index (χ0) is 20.1. The molecule has 0 radical (unpaired) electrons. The van der Waals surface area contributed by atoms with Crippen LogP contribution in [0.5, 0.6) is 5.75 Å². The second-order valence-electron chi connectivity index (χ2n) is 6.51. The molecule has 0 aliphatic carbocycles. The van der Waals surface area contributed by atoms with E-state index in [2.05, 4.69) is 24.9 Å². The van der Waals surface area contributed by atoms with Gasteiger partial charge < -0.3 is 15.0 Å². The molecule has 0 spiro atoms. The predicted molar refractivity (Wildman–Crippen MR) is 110 cm³/mol. The van der Waals surface area contributed by atoms with Gasteiger partial charge in [0.15, 0.2) is 0 Å². The predicted octanol–water partition coefficient (Wildman–Crippen LogP) is 2.44. The third-order valence-corrected chi connectivity index (χ3v) is 6.16. The molecule has 0 saturated carbocycles. The summed E-state index contributed by atoms with van der Waals surface area (Å²) in [6.45, 7) is 4.46. The van der Waals surface area contributed by atoms with Gasteiger partial charge in [-0.25, -0.2) is 18.1 Å². The lowest BCUT2D eigenvalue weighted by molar-refractivity contribution is 0.414. The van der Waals surface area contributed by atoms with Crippen molar-refractivity contribution >= 4 is 33.4 Å². The van der Waals surface area contributed by atoms with Crippen LogP contribution in [0.1, 0.15) is 18.5 Å². The number of benzene rings is 1. The van der Waals surface area contributed by atoms with Crippen molar-refractivity contribution in [1.82, 2.24) is 14.7 Å². The minimum Gasteiger partial charge on any atom is -0.495 e. The molecule has 0 bridgehead atoms. The van der Waals surface area contributed by atoms with Crippen LogP contribution >= 0.6 is 11.6 Å². The number of aryl methyl sites for hydroxylation is 1. The monoisotopic (exact) mass is 425 g/mol. The number of aromatic nitrogens is 2. The van der Waals surface area contributed by atoms with Gasteiger partial charge in [0, 0.05) is 37.9 Å². The molecule has 0 atom stereocenters. The number of nitrogens with one attached hydrogen (secondary N) is 2. The van der Waals surface area contributed by atoms with E-state index in [1.807, 2.05) is 13.0 Å². The fourth-order valence-corrected chi connectivity index (χ4v) is 4.38. The Labute approximate surface area is 170 Å². The van der Waals surface area contributed by atoms with Crippen molar-refractivity contribution in [2.75, 3.05) is 43.5 Å². The molecule has 1 aromatic carbocycles. The van der Waals surface area contributed by atoms with Crippen LogP contribution in [-0.4, -0.2) is 51.7 Å². The quantitative estimate of drug-likeness (QED) is 0.627. The van der Waals surface area contributed by atoms with Gasteiger partial charge in [0.2, 0.25) is 16.0 Å². The molecule has 1 saturated heterocycles. The number of hydrogen-bond donors (Lipinski definition) is 2. The van der Waals surface area contributed by atoms with Crippen molar-refractivity contribution < 1.29 is 13.2 Å². The lowest BCUT2D eigenvalue weighted by Crippen LogP contribution is -2.29. The first-order valence-corrected chi connectivity index (χ1v) is 10.9. The van der Waals surface area contributed by atoms with Crippen molar-refractivity contribution in [3.05, 3.63) is 35.0 Å². The van der Waals surface area contributed by atoms with Gasteiger partial charge >= 0.3 is 0 Å². The summed E-state index contributed by atoms with van der Waals surface area (Å²) in [7, 11) is -2.20. The van der Waals surface area contributed by atoms with Crippen LogP contribution in [0.3, 0.4) is 0 Å². The van der Waals surface area contributed by atoms with Crippen LogP contribution < -0.4 is 19.7 Å². The summed E-state index contributed by atoms with van der Waals surface area (Å²) in [5, 5.41) is 3.32. The van der Waals surface area contributed by atoms with Gasteiger partial charge in [-0.1, -0.05) is 11.6 Å². The Morgan fingerprint density at radius 3 is 2.61 bits per heavy atom. The molecule has 3 rings (SSSR count). The van der Waals surface area contributed by atoms with E-state index in [0.29, 0.717) is 18.2 Å². The Bertz CT molecular complexity index is 933. The third kappa shape index (κ3) is 5.03. The van der Waals surface area contributed by atoms with E-state index in [4.69, 9.17) is 16.3 Å². The Morgan fingerprint density at radius 2 is 1.93 bits per heavy atom. The fraction of sp³-hybridized carbons (Fsp3) is 0.444. The van der Waals surface area contributed by atoms with Crippen LogP contribution in [0.25, 0.3) is 0 Å². The summed E-state index contributed by atoms with van der Waals surface area (Å²) in [4.78, 5) is 11.2. The topological polar surface area (TPSA) is 96.5 Å². The number of nitrogens with zero attached hydrogens (tertiary/aromatic N) is 3. The van der Waals surface area contributed by atoms with E-state index in [9.17, 15) is 8.42 Å². The second-order valence-corrected chi connectivity index (χ2v) is 8.68.